The monoisotopic (exact) mass is 286 g/mol. The maximum Gasteiger partial charge on any atom is 0.338 e. The lowest BCUT2D eigenvalue weighted by Gasteiger charge is -2.04. The summed E-state index contributed by atoms with van der Waals surface area (Å²) < 4.78 is 9.05. The summed E-state index contributed by atoms with van der Waals surface area (Å²) >= 11 is 0. The van der Waals surface area contributed by atoms with E-state index < -0.39 is 11.9 Å². The molecule has 2 aromatic rings. The highest BCUT2D eigenvalue weighted by molar-refractivity contribution is 6.02. The lowest BCUT2D eigenvalue weighted by atomic mass is 10.1. The molecular weight excluding hydrogens is 268 g/mol. The Kier molecular flexibility index (Phi) is 6.68. The van der Waals surface area contributed by atoms with Gasteiger partial charge in [0.1, 0.15) is 0 Å². The number of carbonyl (C=O) groups is 2. The predicted octanol–water partition coefficient (Wildman–Crippen LogP) is 3.25. The van der Waals surface area contributed by atoms with E-state index in [4.69, 9.17) is 0 Å². The average Bonchev–Trinajstić information content (AvgIpc) is 2.54. The first-order valence-corrected chi connectivity index (χ1v) is 6.37. The number of carbonyl (C=O) groups excluding carboxylic acids is 2. The second-order valence-corrected chi connectivity index (χ2v) is 4.18. The molecule has 0 amide bonds. The fourth-order valence-corrected chi connectivity index (χ4v) is 1.59. The van der Waals surface area contributed by atoms with E-state index in [2.05, 4.69) is 28.5 Å². The van der Waals surface area contributed by atoms with Crippen molar-refractivity contribution in [3.63, 3.8) is 0 Å². The highest BCUT2D eigenvalue weighted by atomic mass is 16.5. The molecule has 0 saturated carbocycles. The van der Waals surface area contributed by atoms with Gasteiger partial charge < -0.3 is 9.47 Å². The molecule has 0 aromatic heterocycles. The van der Waals surface area contributed by atoms with Crippen LogP contribution in [0.3, 0.4) is 0 Å². The van der Waals surface area contributed by atoms with Gasteiger partial charge in [0.15, 0.2) is 0 Å². The molecule has 0 aliphatic carbocycles. The smallest absolute Gasteiger partial charge is 0.338 e. The maximum absolute atomic E-state index is 11.2. The van der Waals surface area contributed by atoms with Crippen molar-refractivity contribution in [3.8, 4) is 0 Å². The second-order valence-electron chi connectivity index (χ2n) is 4.18. The molecule has 0 spiro atoms. The van der Waals surface area contributed by atoms with Crippen LogP contribution in [0.4, 0.5) is 0 Å². The van der Waals surface area contributed by atoms with Crippen LogP contribution in [0, 0.1) is 6.92 Å². The Balaban J connectivity index is 0.000000262. The highest BCUT2D eigenvalue weighted by Crippen LogP contribution is 2.10. The van der Waals surface area contributed by atoms with Gasteiger partial charge in [-0.05, 0) is 19.1 Å². The van der Waals surface area contributed by atoms with Crippen LogP contribution >= 0.6 is 0 Å². The van der Waals surface area contributed by atoms with Crippen LogP contribution < -0.4 is 0 Å². The van der Waals surface area contributed by atoms with E-state index in [0.717, 1.165) is 0 Å². The number of benzene rings is 2. The fourth-order valence-electron chi connectivity index (χ4n) is 1.59. The van der Waals surface area contributed by atoms with Crippen molar-refractivity contribution >= 4 is 11.9 Å². The molecule has 0 heterocycles. The van der Waals surface area contributed by atoms with Crippen LogP contribution in [0.2, 0.25) is 0 Å². The zero-order valence-electron chi connectivity index (χ0n) is 12.3. The Morgan fingerprint density at radius 3 is 1.38 bits per heavy atom. The summed E-state index contributed by atoms with van der Waals surface area (Å²) in [5.74, 6) is -1.10. The summed E-state index contributed by atoms with van der Waals surface area (Å²) in [7, 11) is 2.52. The first-order valence-electron chi connectivity index (χ1n) is 6.37. The molecule has 0 saturated heterocycles. The zero-order chi connectivity index (χ0) is 15.7. The van der Waals surface area contributed by atoms with Crippen molar-refractivity contribution in [2.75, 3.05) is 14.2 Å². The maximum atomic E-state index is 11.2. The summed E-state index contributed by atoms with van der Waals surface area (Å²) in [6.07, 6.45) is 0. The van der Waals surface area contributed by atoms with Gasteiger partial charge in [0.05, 0.1) is 25.3 Å². The Labute approximate surface area is 124 Å². The lowest BCUT2D eigenvalue weighted by Crippen LogP contribution is -2.11. The number of hydrogen-bond acceptors (Lipinski definition) is 4. The Morgan fingerprint density at radius 2 is 1.10 bits per heavy atom. The number of rotatable bonds is 2. The topological polar surface area (TPSA) is 52.6 Å². The van der Waals surface area contributed by atoms with Crippen molar-refractivity contribution in [1.82, 2.24) is 0 Å². The summed E-state index contributed by atoms with van der Waals surface area (Å²) in [6, 6.07) is 16.6. The van der Waals surface area contributed by atoms with E-state index in [1.165, 1.54) is 31.9 Å². The third-order valence-electron chi connectivity index (χ3n) is 2.68. The van der Waals surface area contributed by atoms with Crippen molar-refractivity contribution in [2.45, 2.75) is 6.92 Å². The zero-order valence-corrected chi connectivity index (χ0v) is 12.3. The molecule has 21 heavy (non-hydrogen) atoms. The molecule has 0 radical (unpaired) electrons. The number of hydrogen-bond donors (Lipinski definition) is 0. The molecule has 0 atom stereocenters. The number of aryl methyl sites for hydroxylation is 1. The van der Waals surface area contributed by atoms with Crippen molar-refractivity contribution in [2.24, 2.45) is 0 Å². The molecule has 110 valence electrons. The molecule has 0 bridgehead atoms. The van der Waals surface area contributed by atoms with Crippen LogP contribution in [0.1, 0.15) is 26.3 Å². The number of methoxy groups -OCH3 is 2. The lowest BCUT2D eigenvalue weighted by molar-refractivity contribution is 0.0555. The molecule has 4 heteroatoms. The summed E-state index contributed by atoms with van der Waals surface area (Å²) in [5, 5.41) is 0. The second kappa shape index (κ2) is 8.53. The largest absolute Gasteiger partial charge is 0.465 e. The molecule has 0 aliphatic rings. The molecule has 0 unspecified atom stereocenters. The van der Waals surface area contributed by atoms with Crippen molar-refractivity contribution < 1.29 is 19.1 Å². The van der Waals surface area contributed by atoms with Gasteiger partial charge in [-0.15, -0.1) is 0 Å². The molecule has 0 N–H and O–H groups in total. The van der Waals surface area contributed by atoms with E-state index in [0.29, 0.717) is 0 Å². The fraction of sp³-hybridized carbons (Fsp3) is 0.176. The minimum Gasteiger partial charge on any atom is -0.465 e. The van der Waals surface area contributed by atoms with Crippen LogP contribution in [-0.4, -0.2) is 26.2 Å². The van der Waals surface area contributed by atoms with E-state index in [-0.39, 0.29) is 11.1 Å². The Hall–Kier alpha value is -2.62. The predicted molar refractivity (Wildman–Crippen MR) is 80.3 cm³/mol. The van der Waals surface area contributed by atoms with Crippen LogP contribution in [0.25, 0.3) is 0 Å². The molecule has 0 aliphatic heterocycles. The normalized spacial score (nSPS) is 9.10. The minimum absolute atomic E-state index is 0.210. The molecule has 0 fully saturated rings. The highest BCUT2D eigenvalue weighted by Gasteiger charge is 2.16. The average molecular weight is 286 g/mol. The van der Waals surface area contributed by atoms with Crippen molar-refractivity contribution in [1.29, 1.82) is 0 Å². The van der Waals surface area contributed by atoms with Gasteiger partial charge in [-0.1, -0.05) is 48.0 Å². The summed E-state index contributed by atoms with van der Waals surface area (Å²) in [6.45, 7) is 2.08. The van der Waals surface area contributed by atoms with Gasteiger partial charge in [-0.25, -0.2) is 9.59 Å². The molecular formula is C17H18O4. The van der Waals surface area contributed by atoms with Crippen LogP contribution in [-0.2, 0) is 9.47 Å². The SMILES string of the molecule is COC(=O)c1ccccc1C(=O)OC.Cc1ccccc1. The summed E-state index contributed by atoms with van der Waals surface area (Å²) in [5.41, 5.74) is 1.74. The first kappa shape index (κ1) is 16.4. The Morgan fingerprint density at radius 1 is 0.714 bits per heavy atom. The third-order valence-corrected chi connectivity index (χ3v) is 2.68. The van der Waals surface area contributed by atoms with E-state index in [1.807, 2.05) is 18.2 Å². The molecule has 2 aromatic carbocycles. The first-order chi connectivity index (χ1) is 10.1. The number of esters is 2. The van der Waals surface area contributed by atoms with Gasteiger partial charge in [0, 0.05) is 0 Å². The van der Waals surface area contributed by atoms with E-state index >= 15 is 0 Å². The third kappa shape index (κ3) is 5.10. The van der Waals surface area contributed by atoms with Gasteiger partial charge >= 0.3 is 11.9 Å². The molecule has 2 rings (SSSR count). The summed E-state index contributed by atoms with van der Waals surface area (Å²) in [4.78, 5) is 22.4. The van der Waals surface area contributed by atoms with Gasteiger partial charge in [-0.2, -0.15) is 0 Å². The van der Waals surface area contributed by atoms with Crippen LogP contribution in [0.15, 0.2) is 54.6 Å². The van der Waals surface area contributed by atoms with Crippen molar-refractivity contribution in [3.05, 3.63) is 71.3 Å². The molecule has 4 nitrogen and oxygen atoms in total. The minimum atomic E-state index is -0.550. The van der Waals surface area contributed by atoms with Gasteiger partial charge in [0.2, 0.25) is 0 Å². The van der Waals surface area contributed by atoms with E-state index in [1.54, 1.807) is 12.1 Å². The van der Waals surface area contributed by atoms with Crippen LogP contribution in [0.5, 0.6) is 0 Å². The van der Waals surface area contributed by atoms with E-state index in [9.17, 15) is 9.59 Å². The standard InChI is InChI=1S/C10H10O4.C7H8/c1-13-9(11)7-5-3-4-6-8(7)10(12)14-2;1-7-5-3-2-4-6-7/h3-6H,1-2H3;2-6H,1H3. The van der Waals surface area contributed by atoms with Gasteiger partial charge in [0.25, 0.3) is 0 Å². The quantitative estimate of drug-likeness (QED) is 0.795. The number of ether oxygens (including phenoxy) is 2. The Bertz CT molecular complexity index is 556. The van der Waals surface area contributed by atoms with Gasteiger partial charge in [-0.3, -0.25) is 0 Å².